The molecule has 100 valence electrons. The van der Waals surface area contributed by atoms with Crippen LogP contribution in [0.4, 0.5) is 0 Å². The summed E-state index contributed by atoms with van der Waals surface area (Å²) in [5, 5.41) is 8.86. The van der Waals surface area contributed by atoms with Crippen LogP contribution in [-0.4, -0.2) is 44.6 Å². The molecule has 18 heavy (non-hydrogen) atoms. The van der Waals surface area contributed by atoms with E-state index in [9.17, 15) is 4.79 Å². The van der Waals surface area contributed by atoms with Gasteiger partial charge >= 0.3 is 5.97 Å². The molecule has 1 aromatic rings. The Morgan fingerprint density at radius 3 is 2.67 bits per heavy atom. The van der Waals surface area contributed by atoms with E-state index in [4.69, 9.17) is 19.3 Å². The second kappa shape index (κ2) is 8.07. The molecule has 0 aromatic heterocycles. The number of hydrogen-bond donors (Lipinski definition) is 1. The molecule has 5 nitrogen and oxygen atoms in total. The van der Waals surface area contributed by atoms with Crippen LogP contribution in [0.3, 0.4) is 0 Å². The summed E-state index contributed by atoms with van der Waals surface area (Å²) >= 11 is 3.29. The minimum atomic E-state index is -0.983. The quantitative estimate of drug-likeness (QED) is 0.744. The van der Waals surface area contributed by atoms with Gasteiger partial charge in [0.2, 0.25) is 0 Å². The molecule has 1 N–H and O–H groups in total. The van der Waals surface area contributed by atoms with Crippen LogP contribution in [-0.2, 0) is 9.47 Å². The zero-order valence-electron chi connectivity index (χ0n) is 10.0. The van der Waals surface area contributed by atoms with Crippen LogP contribution in [0.2, 0.25) is 0 Å². The van der Waals surface area contributed by atoms with Gasteiger partial charge in [-0.3, -0.25) is 0 Å². The number of ether oxygens (including phenoxy) is 3. The Balaban J connectivity index is 2.41. The number of carbonyl (C=O) groups is 1. The molecule has 0 radical (unpaired) electrons. The Labute approximate surface area is 114 Å². The second-order valence-corrected chi connectivity index (χ2v) is 4.26. The van der Waals surface area contributed by atoms with Crippen LogP contribution in [0.25, 0.3) is 0 Å². The molecule has 0 aliphatic heterocycles. The van der Waals surface area contributed by atoms with Crippen LogP contribution in [0.5, 0.6) is 5.75 Å². The lowest BCUT2D eigenvalue weighted by molar-refractivity contribution is 0.0542. The first kappa shape index (κ1) is 14.9. The maximum absolute atomic E-state index is 10.8. The van der Waals surface area contributed by atoms with Crippen molar-refractivity contribution in [2.45, 2.75) is 0 Å². The van der Waals surface area contributed by atoms with Crippen molar-refractivity contribution >= 4 is 21.9 Å². The Kier molecular flexibility index (Phi) is 6.70. The molecule has 0 aliphatic rings. The van der Waals surface area contributed by atoms with E-state index >= 15 is 0 Å². The number of methoxy groups -OCH3 is 1. The van der Waals surface area contributed by atoms with Crippen LogP contribution in [0, 0.1) is 0 Å². The van der Waals surface area contributed by atoms with Crippen molar-refractivity contribution < 1.29 is 24.1 Å². The fraction of sp³-hybridized carbons (Fsp3) is 0.417. The summed E-state index contributed by atoms with van der Waals surface area (Å²) in [6.07, 6.45) is 0. The fourth-order valence-electron chi connectivity index (χ4n) is 1.20. The highest BCUT2D eigenvalue weighted by Crippen LogP contribution is 2.26. The van der Waals surface area contributed by atoms with Gasteiger partial charge in [0, 0.05) is 7.11 Å². The Morgan fingerprint density at radius 2 is 2.00 bits per heavy atom. The molecule has 1 aromatic carbocycles. The largest absolute Gasteiger partial charge is 0.490 e. The van der Waals surface area contributed by atoms with Crippen molar-refractivity contribution in [3.63, 3.8) is 0 Å². The Bertz CT molecular complexity index is 394. The molecule has 0 atom stereocenters. The van der Waals surface area contributed by atoms with Gasteiger partial charge < -0.3 is 19.3 Å². The SMILES string of the molecule is COCCOCCOc1cc(C(=O)O)ccc1Br. The highest BCUT2D eigenvalue weighted by atomic mass is 79.9. The number of carboxylic acid groups (broad SMARTS) is 1. The number of carboxylic acids is 1. The van der Waals surface area contributed by atoms with Crippen LogP contribution in [0.1, 0.15) is 10.4 Å². The van der Waals surface area contributed by atoms with Crippen molar-refractivity contribution in [2.24, 2.45) is 0 Å². The predicted molar refractivity (Wildman–Crippen MR) is 69.3 cm³/mol. The molecule has 6 heteroatoms. The van der Waals surface area contributed by atoms with Gasteiger partial charge in [-0.2, -0.15) is 0 Å². The monoisotopic (exact) mass is 318 g/mol. The zero-order valence-corrected chi connectivity index (χ0v) is 11.6. The summed E-state index contributed by atoms with van der Waals surface area (Å²) in [5.74, 6) is -0.492. The minimum absolute atomic E-state index is 0.188. The van der Waals surface area contributed by atoms with Crippen LogP contribution >= 0.6 is 15.9 Å². The second-order valence-electron chi connectivity index (χ2n) is 3.40. The van der Waals surface area contributed by atoms with Gasteiger partial charge in [-0.05, 0) is 34.1 Å². The van der Waals surface area contributed by atoms with Crippen LogP contribution < -0.4 is 4.74 Å². The van der Waals surface area contributed by atoms with E-state index in [0.717, 1.165) is 0 Å². The van der Waals surface area contributed by atoms with Crippen molar-refractivity contribution in [3.8, 4) is 5.75 Å². The van der Waals surface area contributed by atoms with E-state index in [1.807, 2.05) is 0 Å². The van der Waals surface area contributed by atoms with Crippen molar-refractivity contribution in [3.05, 3.63) is 28.2 Å². The lowest BCUT2D eigenvalue weighted by atomic mass is 10.2. The average molecular weight is 319 g/mol. The first-order valence-corrected chi connectivity index (χ1v) is 6.16. The van der Waals surface area contributed by atoms with E-state index in [-0.39, 0.29) is 5.56 Å². The van der Waals surface area contributed by atoms with Crippen molar-refractivity contribution in [1.82, 2.24) is 0 Å². The number of hydrogen-bond acceptors (Lipinski definition) is 4. The molecule has 0 bridgehead atoms. The molecule has 0 heterocycles. The standard InChI is InChI=1S/C12H15BrO5/c1-16-4-5-17-6-7-18-11-8-9(12(14)15)2-3-10(11)13/h2-3,8H,4-7H2,1H3,(H,14,15). The smallest absolute Gasteiger partial charge is 0.335 e. The molecule has 0 saturated heterocycles. The van der Waals surface area contributed by atoms with Gasteiger partial charge in [0.25, 0.3) is 0 Å². The van der Waals surface area contributed by atoms with Crippen molar-refractivity contribution in [2.75, 3.05) is 33.5 Å². The first-order valence-electron chi connectivity index (χ1n) is 5.37. The number of rotatable bonds is 8. The number of aromatic carboxylic acids is 1. The highest BCUT2D eigenvalue weighted by Gasteiger charge is 2.07. The summed E-state index contributed by atoms with van der Waals surface area (Å²) < 4.78 is 16.2. The zero-order chi connectivity index (χ0) is 13.4. The normalized spacial score (nSPS) is 10.3. The van der Waals surface area contributed by atoms with E-state index in [0.29, 0.717) is 36.6 Å². The molecule has 0 spiro atoms. The highest BCUT2D eigenvalue weighted by molar-refractivity contribution is 9.10. The van der Waals surface area contributed by atoms with Crippen molar-refractivity contribution in [1.29, 1.82) is 0 Å². The molecular weight excluding hydrogens is 304 g/mol. The van der Waals surface area contributed by atoms with Gasteiger partial charge in [-0.1, -0.05) is 0 Å². The molecule has 0 amide bonds. The van der Waals surface area contributed by atoms with Crippen LogP contribution in [0.15, 0.2) is 22.7 Å². The number of halogens is 1. The van der Waals surface area contributed by atoms with Gasteiger partial charge in [-0.25, -0.2) is 4.79 Å². The summed E-state index contributed by atoms with van der Waals surface area (Å²) in [6.45, 7) is 1.83. The average Bonchev–Trinajstić information content (AvgIpc) is 2.35. The topological polar surface area (TPSA) is 65.0 Å². The lowest BCUT2D eigenvalue weighted by Crippen LogP contribution is -2.10. The van der Waals surface area contributed by atoms with Gasteiger partial charge in [0.15, 0.2) is 0 Å². The van der Waals surface area contributed by atoms with Gasteiger partial charge in [0.1, 0.15) is 12.4 Å². The summed E-state index contributed by atoms with van der Waals surface area (Å²) in [4.78, 5) is 10.8. The Morgan fingerprint density at radius 1 is 1.28 bits per heavy atom. The van der Waals surface area contributed by atoms with E-state index in [2.05, 4.69) is 15.9 Å². The molecular formula is C12H15BrO5. The van der Waals surface area contributed by atoms with Gasteiger partial charge in [-0.15, -0.1) is 0 Å². The summed E-state index contributed by atoms with van der Waals surface area (Å²) in [6, 6.07) is 4.63. The maximum Gasteiger partial charge on any atom is 0.335 e. The fourth-order valence-corrected chi connectivity index (χ4v) is 1.56. The molecule has 0 saturated carbocycles. The maximum atomic E-state index is 10.8. The van der Waals surface area contributed by atoms with E-state index in [1.54, 1.807) is 13.2 Å². The third-order valence-corrected chi connectivity index (χ3v) is 2.75. The Hall–Kier alpha value is -1.11. The summed E-state index contributed by atoms with van der Waals surface area (Å²) in [5.41, 5.74) is 0.188. The summed E-state index contributed by atoms with van der Waals surface area (Å²) in [7, 11) is 1.61. The molecule has 0 unspecified atom stereocenters. The third-order valence-electron chi connectivity index (χ3n) is 2.10. The van der Waals surface area contributed by atoms with Gasteiger partial charge in [0.05, 0.1) is 29.9 Å². The van der Waals surface area contributed by atoms with E-state index in [1.165, 1.54) is 12.1 Å². The molecule has 1 rings (SSSR count). The first-order chi connectivity index (χ1) is 8.65. The third kappa shape index (κ3) is 5.03. The minimum Gasteiger partial charge on any atom is -0.490 e. The van der Waals surface area contributed by atoms with E-state index < -0.39 is 5.97 Å². The lowest BCUT2D eigenvalue weighted by Gasteiger charge is -2.09. The predicted octanol–water partition coefficient (Wildman–Crippen LogP) is 2.19. The number of benzene rings is 1. The molecule has 0 aliphatic carbocycles. The molecule has 0 fully saturated rings.